The van der Waals surface area contributed by atoms with E-state index in [1.807, 2.05) is 0 Å². The standard InChI is InChI=1S/C27H28FN5O6S/c28-17-3-6-21-19(13-17)25(35)24(27(36)33(21)10-7-16-1-2-16)26-30-20-5-4-18(14-22(20)40(37,38)31-26)39-15-23(34)32-11-8-29-9-12-32/h3-6,13-14,16,29,35H,1-2,7-12,15H2,(H,30,31). The molecule has 1 saturated carbocycles. The normalized spacial score (nSPS) is 18.1. The van der Waals surface area contributed by atoms with Gasteiger partial charge in [-0.25, -0.2) is 4.39 Å². The second kappa shape index (κ2) is 10.2. The molecule has 2 aromatic carbocycles. The lowest BCUT2D eigenvalue weighted by Gasteiger charge is -2.27. The van der Waals surface area contributed by atoms with E-state index in [2.05, 4.69) is 15.0 Å². The number of anilines is 1. The molecule has 1 saturated heterocycles. The molecule has 3 N–H and O–H groups in total. The number of hydrogen-bond acceptors (Lipinski definition) is 8. The van der Waals surface area contributed by atoms with Crippen LogP contribution in [0.2, 0.25) is 0 Å². The third-order valence-corrected chi connectivity index (χ3v) is 8.74. The number of nitrogens with one attached hydrogen (secondary N) is 2. The van der Waals surface area contributed by atoms with Crippen molar-refractivity contribution in [1.29, 1.82) is 0 Å². The summed E-state index contributed by atoms with van der Waals surface area (Å²) in [5, 5.41) is 17.1. The molecular formula is C27H28FN5O6S. The number of nitrogens with zero attached hydrogens (tertiary/aromatic N) is 3. The largest absolute Gasteiger partial charge is 0.506 e. The SMILES string of the molecule is O=C(COc1ccc2c(c1)S(=O)(=O)N=C(c1c(O)c3cc(F)ccc3n(CCC3CC3)c1=O)N2)N1CCNCC1. The van der Waals surface area contributed by atoms with Gasteiger partial charge in [0.2, 0.25) is 0 Å². The van der Waals surface area contributed by atoms with E-state index < -0.39 is 27.1 Å². The van der Waals surface area contributed by atoms with Crippen molar-refractivity contribution in [2.75, 3.05) is 38.1 Å². The van der Waals surface area contributed by atoms with Gasteiger partial charge in [-0.2, -0.15) is 8.42 Å². The first kappa shape index (κ1) is 26.3. The highest BCUT2D eigenvalue weighted by Crippen LogP contribution is 2.36. The van der Waals surface area contributed by atoms with Crippen molar-refractivity contribution < 1.29 is 27.4 Å². The zero-order valence-electron chi connectivity index (χ0n) is 21.5. The zero-order valence-corrected chi connectivity index (χ0v) is 22.3. The molecule has 210 valence electrons. The number of carbonyl (C=O) groups excluding carboxylic acids is 1. The van der Waals surface area contributed by atoms with Gasteiger partial charge in [0.1, 0.15) is 27.8 Å². The summed E-state index contributed by atoms with van der Waals surface area (Å²) < 4.78 is 51.4. The summed E-state index contributed by atoms with van der Waals surface area (Å²) in [5.41, 5.74) is -0.517. The summed E-state index contributed by atoms with van der Waals surface area (Å²) in [4.78, 5) is 27.5. The maximum atomic E-state index is 14.1. The fourth-order valence-corrected chi connectivity index (χ4v) is 6.19. The Hall–Kier alpha value is -3.97. The van der Waals surface area contributed by atoms with E-state index in [4.69, 9.17) is 4.74 Å². The lowest BCUT2D eigenvalue weighted by atomic mass is 10.1. The Morgan fingerprint density at radius 3 is 2.67 bits per heavy atom. The molecule has 0 unspecified atom stereocenters. The molecule has 1 amide bonds. The van der Waals surface area contributed by atoms with Crippen molar-refractivity contribution >= 4 is 38.4 Å². The van der Waals surface area contributed by atoms with Crippen molar-refractivity contribution in [1.82, 2.24) is 14.8 Å². The van der Waals surface area contributed by atoms with Crippen LogP contribution in [0, 0.1) is 11.7 Å². The topological polar surface area (TPSA) is 142 Å². The average molecular weight is 570 g/mol. The van der Waals surface area contributed by atoms with Crippen molar-refractivity contribution in [2.45, 2.75) is 30.7 Å². The van der Waals surface area contributed by atoms with E-state index in [9.17, 15) is 27.5 Å². The third kappa shape index (κ3) is 5.02. The predicted molar refractivity (Wildman–Crippen MR) is 146 cm³/mol. The molecule has 6 rings (SSSR count). The highest BCUT2D eigenvalue weighted by atomic mass is 32.2. The summed E-state index contributed by atoms with van der Waals surface area (Å²) in [6, 6.07) is 7.95. The maximum absolute atomic E-state index is 14.1. The van der Waals surface area contributed by atoms with Crippen LogP contribution < -0.4 is 20.9 Å². The molecule has 11 nitrogen and oxygen atoms in total. The number of fused-ring (bicyclic) bond motifs is 2. The summed E-state index contributed by atoms with van der Waals surface area (Å²) in [6.07, 6.45) is 2.88. The summed E-state index contributed by atoms with van der Waals surface area (Å²) >= 11 is 0. The van der Waals surface area contributed by atoms with Crippen LogP contribution in [-0.2, 0) is 21.4 Å². The van der Waals surface area contributed by atoms with Crippen LogP contribution in [0.1, 0.15) is 24.8 Å². The van der Waals surface area contributed by atoms with Gasteiger partial charge in [0.15, 0.2) is 12.4 Å². The lowest BCUT2D eigenvalue weighted by molar-refractivity contribution is -0.133. The number of sulfonamides is 1. The number of benzene rings is 2. The van der Waals surface area contributed by atoms with E-state index >= 15 is 0 Å². The fraction of sp³-hybridized carbons (Fsp3) is 0.370. The lowest BCUT2D eigenvalue weighted by Crippen LogP contribution is -2.47. The Balaban J connectivity index is 1.33. The molecule has 2 aliphatic heterocycles. The van der Waals surface area contributed by atoms with Crippen molar-refractivity contribution in [2.24, 2.45) is 10.3 Å². The van der Waals surface area contributed by atoms with Crippen molar-refractivity contribution in [3.63, 3.8) is 0 Å². The summed E-state index contributed by atoms with van der Waals surface area (Å²) in [7, 11) is -4.34. The number of rotatable bonds is 7. The molecule has 40 heavy (non-hydrogen) atoms. The molecular weight excluding hydrogens is 541 g/mol. The van der Waals surface area contributed by atoms with Gasteiger partial charge in [-0.05, 0) is 42.7 Å². The first-order valence-corrected chi connectivity index (χ1v) is 14.6. The van der Waals surface area contributed by atoms with Crippen LogP contribution in [0.5, 0.6) is 11.5 Å². The van der Waals surface area contributed by atoms with E-state index in [0.29, 0.717) is 44.2 Å². The summed E-state index contributed by atoms with van der Waals surface area (Å²) in [6.45, 7) is 2.62. The molecule has 3 aromatic rings. The van der Waals surface area contributed by atoms with Gasteiger partial charge >= 0.3 is 0 Å². The fourth-order valence-electron chi connectivity index (χ4n) is 5.05. The first-order chi connectivity index (χ1) is 19.2. The Labute approximate surface area is 229 Å². The third-order valence-electron chi connectivity index (χ3n) is 7.42. The highest BCUT2D eigenvalue weighted by Gasteiger charge is 2.31. The molecule has 3 heterocycles. The van der Waals surface area contributed by atoms with E-state index in [0.717, 1.165) is 25.3 Å². The van der Waals surface area contributed by atoms with Crippen LogP contribution in [0.25, 0.3) is 10.9 Å². The second-order valence-electron chi connectivity index (χ2n) is 10.2. The van der Waals surface area contributed by atoms with Gasteiger partial charge in [0.05, 0.1) is 11.2 Å². The minimum absolute atomic E-state index is 0.0796. The zero-order chi connectivity index (χ0) is 28.0. The number of aromatic hydroxyl groups is 1. The number of carbonyl (C=O) groups is 1. The van der Waals surface area contributed by atoms with Crippen molar-refractivity contribution in [3.8, 4) is 11.5 Å². The first-order valence-electron chi connectivity index (χ1n) is 13.1. The molecule has 1 aromatic heterocycles. The average Bonchev–Trinajstić information content (AvgIpc) is 3.77. The Morgan fingerprint density at radius 1 is 1.15 bits per heavy atom. The number of aryl methyl sites for hydroxylation is 1. The van der Waals surface area contributed by atoms with E-state index in [1.54, 1.807) is 4.90 Å². The van der Waals surface area contributed by atoms with Gasteiger partial charge in [0.25, 0.3) is 21.5 Å². The van der Waals surface area contributed by atoms with Gasteiger partial charge in [-0.3, -0.25) is 9.59 Å². The number of piperazine rings is 1. The number of pyridine rings is 1. The summed E-state index contributed by atoms with van der Waals surface area (Å²) in [5.74, 6) is -1.07. The van der Waals surface area contributed by atoms with Crippen LogP contribution in [0.15, 0.2) is 50.5 Å². The van der Waals surface area contributed by atoms with Crippen LogP contribution in [0.3, 0.4) is 0 Å². The molecule has 1 aliphatic carbocycles. The number of hydrogen-bond donors (Lipinski definition) is 3. The molecule has 0 radical (unpaired) electrons. The van der Waals surface area contributed by atoms with Gasteiger partial charge < -0.3 is 29.9 Å². The molecule has 13 heteroatoms. The number of amides is 1. The predicted octanol–water partition coefficient (Wildman–Crippen LogP) is 2.02. The number of amidine groups is 1. The Bertz CT molecular complexity index is 1710. The molecule has 0 bridgehead atoms. The molecule has 3 aliphatic rings. The van der Waals surface area contributed by atoms with Gasteiger partial charge in [0, 0.05) is 44.2 Å². The van der Waals surface area contributed by atoms with E-state index in [-0.39, 0.29) is 45.6 Å². The Kier molecular flexibility index (Phi) is 6.70. The Morgan fingerprint density at radius 2 is 1.93 bits per heavy atom. The molecule has 0 spiro atoms. The quantitative estimate of drug-likeness (QED) is 0.392. The van der Waals surface area contributed by atoms with Crippen LogP contribution in [-0.4, -0.2) is 67.5 Å². The minimum atomic E-state index is -4.34. The number of aromatic nitrogens is 1. The van der Waals surface area contributed by atoms with E-state index in [1.165, 1.54) is 34.9 Å². The van der Waals surface area contributed by atoms with Gasteiger partial charge in [-0.15, -0.1) is 4.40 Å². The van der Waals surface area contributed by atoms with Crippen LogP contribution >= 0.6 is 0 Å². The molecule has 2 fully saturated rings. The van der Waals surface area contributed by atoms with Gasteiger partial charge in [-0.1, -0.05) is 12.8 Å². The maximum Gasteiger partial charge on any atom is 0.286 e. The van der Waals surface area contributed by atoms with Crippen molar-refractivity contribution in [3.05, 3.63) is 58.1 Å². The monoisotopic (exact) mass is 569 g/mol. The second-order valence-corrected chi connectivity index (χ2v) is 11.8. The van der Waals surface area contributed by atoms with Crippen LogP contribution in [0.4, 0.5) is 10.1 Å². The molecule has 0 atom stereocenters. The highest BCUT2D eigenvalue weighted by molar-refractivity contribution is 7.90. The smallest absolute Gasteiger partial charge is 0.286 e. The minimum Gasteiger partial charge on any atom is -0.506 e. The number of halogens is 1. The number of ether oxygens (including phenoxy) is 1.